The molecule has 3 rings (SSSR count). The van der Waals surface area contributed by atoms with E-state index in [0.717, 1.165) is 24.1 Å². The Hall–Kier alpha value is -2.73. The summed E-state index contributed by atoms with van der Waals surface area (Å²) in [5, 5.41) is 18.8. The Morgan fingerprint density at radius 1 is 1.12 bits per heavy atom. The molecular formula is C19H21N3O3. The zero-order valence-corrected chi connectivity index (χ0v) is 14.2. The first-order valence-electron chi connectivity index (χ1n) is 8.45. The molecule has 1 N–H and O–H groups in total. The summed E-state index contributed by atoms with van der Waals surface area (Å²) in [4.78, 5) is 13.7. The molecular weight excluding hydrogens is 318 g/mol. The molecule has 0 bridgehead atoms. The van der Waals surface area contributed by atoms with Gasteiger partial charge in [0.2, 0.25) is 0 Å². The highest BCUT2D eigenvalue weighted by Gasteiger charge is 2.13. The number of phenolic OH excluding ortho intramolecular Hbond substituents is 1. The van der Waals surface area contributed by atoms with E-state index in [4.69, 9.17) is 4.74 Å². The molecule has 0 amide bonds. The second kappa shape index (κ2) is 7.90. The van der Waals surface area contributed by atoms with Crippen molar-refractivity contribution in [3.63, 3.8) is 0 Å². The van der Waals surface area contributed by atoms with Crippen LogP contribution < -0.4 is 0 Å². The molecule has 6 nitrogen and oxygen atoms in total. The van der Waals surface area contributed by atoms with E-state index in [0.29, 0.717) is 30.7 Å². The second-order valence-electron chi connectivity index (χ2n) is 5.82. The van der Waals surface area contributed by atoms with Crippen molar-refractivity contribution in [1.82, 2.24) is 15.0 Å². The summed E-state index contributed by atoms with van der Waals surface area (Å²) in [5.74, 6) is 0.0428. The lowest BCUT2D eigenvalue weighted by atomic mass is 10.1. The van der Waals surface area contributed by atoms with Crippen LogP contribution in [0.5, 0.6) is 5.75 Å². The van der Waals surface area contributed by atoms with Crippen molar-refractivity contribution in [2.75, 3.05) is 13.2 Å². The third kappa shape index (κ3) is 4.03. The molecule has 1 aromatic heterocycles. The smallest absolute Gasteiger partial charge is 0.163 e. The van der Waals surface area contributed by atoms with Crippen molar-refractivity contribution < 1.29 is 14.6 Å². The summed E-state index contributed by atoms with van der Waals surface area (Å²) in [6.45, 7) is 3.35. The van der Waals surface area contributed by atoms with Gasteiger partial charge in [-0.3, -0.25) is 4.79 Å². The van der Waals surface area contributed by atoms with Crippen LogP contribution >= 0.6 is 0 Å². The number of aromatic hydroxyl groups is 1. The number of ether oxygens (including phenoxy) is 1. The van der Waals surface area contributed by atoms with E-state index in [9.17, 15) is 9.90 Å². The zero-order chi connectivity index (χ0) is 17.6. The van der Waals surface area contributed by atoms with Crippen molar-refractivity contribution in [3.05, 3.63) is 48.0 Å². The maximum atomic E-state index is 12.4. The van der Waals surface area contributed by atoms with Crippen LogP contribution in [0.2, 0.25) is 0 Å². The summed E-state index contributed by atoms with van der Waals surface area (Å²) in [5.41, 5.74) is 2.38. The summed E-state index contributed by atoms with van der Waals surface area (Å²) in [6.07, 6.45) is 2.06. The topological polar surface area (TPSA) is 77.2 Å². The van der Waals surface area contributed by atoms with Crippen molar-refractivity contribution >= 4 is 16.8 Å². The van der Waals surface area contributed by atoms with Gasteiger partial charge < -0.3 is 9.84 Å². The third-order valence-corrected chi connectivity index (χ3v) is 3.84. The number of hydrogen-bond acceptors (Lipinski definition) is 5. The minimum absolute atomic E-state index is 0.0121. The Morgan fingerprint density at radius 2 is 1.84 bits per heavy atom. The number of carbonyl (C=O) groups excluding carboxylic acids is 1. The van der Waals surface area contributed by atoms with Crippen LogP contribution in [0.1, 0.15) is 36.5 Å². The minimum Gasteiger partial charge on any atom is -0.506 e. The highest BCUT2D eigenvalue weighted by Crippen LogP contribution is 2.24. The van der Waals surface area contributed by atoms with Crippen LogP contribution in [0.15, 0.2) is 42.5 Å². The number of aromatic nitrogens is 3. The molecule has 2 aromatic carbocycles. The number of phenols is 1. The van der Waals surface area contributed by atoms with Crippen LogP contribution in [0.25, 0.3) is 16.7 Å². The van der Waals surface area contributed by atoms with Gasteiger partial charge in [-0.15, -0.1) is 15.0 Å². The molecule has 0 aliphatic carbocycles. The van der Waals surface area contributed by atoms with Gasteiger partial charge in [-0.1, -0.05) is 19.1 Å². The van der Waals surface area contributed by atoms with E-state index < -0.39 is 0 Å². The number of ketones is 1. The predicted molar refractivity (Wildman–Crippen MR) is 95.2 cm³/mol. The van der Waals surface area contributed by atoms with E-state index >= 15 is 0 Å². The fraction of sp³-hybridized carbons (Fsp3) is 0.316. The molecule has 0 saturated carbocycles. The second-order valence-corrected chi connectivity index (χ2v) is 5.82. The summed E-state index contributed by atoms with van der Waals surface area (Å²) in [7, 11) is 0. The molecule has 0 fully saturated rings. The number of hydrogen-bond donors (Lipinski definition) is 1. The molecule has 0 saturated heterocycles. The number of carbonyl (C=O) groups is 1. The van der Waals surface area contributed by atoms with Crippen LogP contribution in [-0.2, 0) is 4.74 Å². The van der Waals surface area contributed by atoms with E-state index in [1.54, 1.807) is 12.1 Å². The largest absolute Gasteiger partial charge is 0.506 e. The number of rotatable bonds is 8. The van der Waals surface area contributed by atoms with Gasteiger partial charge in [0.15, 0.2) is 5.78 Å². The van der Waals surface area contributed by atoms with Crippen LogP contribution in [0.3, 0.4) is 0 Å². The minimum atomic E-state index is 0.0121. The highest BCUT2D eigenvalue weighted by atomic mass is 16.5. The lowest BCUT2D eigenvalue weighted by Gasteiger charge is -2.07. The number of nitrogens with zero attached hydrogens (tertiary/aromatic N) is 3. The molecule has 130 valence electrons. The van der Waals surface area contributed by atoms with Gasteiger partial charge in [0.25, 0.3) is 0 Å². The first-order chi connectivity index (χ1) is 12.2. The van der Waals surface area contributed by atoms with E-state index in [2.05, 4.69) is 17.1 Å². The Balaban J connectivity index is 1.77. The molecule has 25 heavy (non-hydrogen) atoms. The van der Waals surface area contributed by atoms with E-state index in [1.165, 1.54) is 10.9 Å². The van der Waals surface area contributed by atoms with Crippen molar-refractivity contribution in [1.29, 1.82) is 0 Å². The third-order valence-electron chi connectivity index (χ3n) is 3.84. The first-order valence-corrected chi connectivity index (χ1v) is 8.45. The highest BCUT2D eigenvalue weighted by molar-refractivity contribution is 5.96. The summed E-state index contributed by atoms with van der Waals surface area (Å²) >= 11 is 0. The Morgan fingerprint density at radius 3 is 2.52 bits per heavy atom. The Bertz CT molecular complexity index is 840. The van der Waals surface area contributed by atoms with Gasteiger partial charge in [-0.05, 0) is 43.2 Å². The SMILES string of the molecule is CCCOCCCC(=O)c1ccc(O)c(-n2nc3ccccc3n2)c1. The van der Waals surface area contributed by atoms with Crippen LogP contribution in [0.4, 0.5) is 0 Å². The van der Waals surface area contributed by atoms with Gasteiger partial charge in [0.1, 0.15) is 22.5 Å². The molecule has 1 heterocycles. The average molecular weight is 339 g/mol. The molecule has 0 radical (unpaired) electrons. The number of benzene rings is 2. The fourth-order valence-electron chi connectivity index (χ4n) is 2.55. The number of Topliss-reactive ketones (excluding diaryl/α,β-unsaturated/α-hetero) is 1. The van der Waals surface area contributed by atoms with Crippen molar-refractivity contribution in [2.45, 2.75) is 26.2 Å². The van der Waals surface area contributed by atoms with Gasteiger partial charge in [-0.2, -0.15) is 0 Å². The van der Waals surface area contributed by atoms with E-state index in [1.807, 2.05) is 24.3 Å². The molecule has 0 atom stereocenters. The normalized spacial score (nSPS) is 11.1. The Kier molecular flexibility index (Phi) is 5.40. The molecule has 0 spiro atoms. The molecule has 6 heteroatoms. The fourth-order valence-corrected chi connectivity index (χ4v) is 2.55. The predicted octanol–water partition coefficient (Wildman–Crippen LogP) is 3.52. The molecule has 0 aliphatic rings. The van der Waals surface area contributed by atoms with E-state index in [-0.39, 0.29) is 11.5 Å². The first kappa shape index (κ1) is 17.1. The zero-order valence-electron chi connectivity index (χ0n) is 14.2. The standard InChI is InChI=1S/C19H21N3O3/c1-2-11-25-12-5-8-18(23)14-9-10-19(24)17(13-14)22-20-15-6-3-4-7-16(15)21-22/h3-4,6-7,9-10,13,24H,2,5,8,11-12H2,1H3. The Labute approximate surface area is 146 Å². The molecule has 0 aliphatic heterocycles. The lowest BCUT2D eigenvalue weighted by molar-refractivity contribution is 0.0938. The van der Waals surface area contributed by atoms with Crippen molar-refractivity contribution in [3.8, 4) is 11.4 Å². The van der Waals surface area contributed by atoms with Crippen LogP contribution in [0, 0.1) is 0 Å². The van der Waals surface area contributed by atoms with Crippen molar-refractivity contribution in [2.24, 2.45) is 0 Å². The lowest BCUT2D eigenvalue weighted by Crippen LogP contribution is -2.05. The molecule has 0 unspecified atom stereocenters. The maximum Gasteiger partial charge on any atom is 0.163 e. The van der Waals surface area contributed by atoms with Gasteiger partial charge in [0, 0.05) is 25.2 Å². The quantitative estimate of drug-likeness (QED) is 0.502. The van der Waals surface area contributed by atoms with Gasteiger partial charge in [-0.25, -0.2) is 0 Å². The van der Waals surface area contributed by atoms with Crippen LogP contribution in [-0.4, -0.2) is 39.1 Å². The molecule has 3 aromatic rings. The monoisotopic (exact) mass is 339 g/mol. The van der Waals surface area contributed by atoms with Gasteiger partial charge >= 0.3 is 0 Å². The number of fused-ring (bicyclic) bond motifs is 1. The summed E-state index contributed by atoms with van der Waals surface area (Å²) < 4.78 is 5.40. The summed E-state index contributed by atoms with van der Waals surface area (Å²) in [6, 6.07) is 12.2. The van der Waals surface area contributed by atoms with Gasteiger partial charge in [0.05, 0.1) is 0 Å². The maximum absolute atomic E-state index is 12.4. The average Bonchev–Trinajstić information content (AvgIpc) is 3.05.